The summed E-state index contributed by atoms with van der Waals surface area (Å²) in [6.45, 7) is 0.372. The van der Waals surface area contributed by atoms with E-state index in [-0.39, 0.29) is 12.0 Å². The SMILES string of the molecule is COc1cccc(CNC(=O)c2ccn[nH]2)c1OC1CCCC1. The number of methoxy groups -OCH3 is 1. The molecule has 3 rings (SSSR count). The molecule has 23 heavy (non-hydrogen) atoms. The van der Waals surface area contributed by atoms with Crippen LogP contribution in [0.25, 0.3) is 0 Å². The first-order chi connectivity index (χ1) is 11.3. The highest BCUT2D eigenvalue weighted by molar-refractivity contribution is 5.92. The van der Waals surface area contributed by atoms with Gasteiger partial charge in [0.1, 0.15) is 5.69 Å². The highest BCUT2D eigenvalue weighted by Crippen LogP contribution is 2.34. The summed E-state index contributed by atoms with van der Waals surface area (Å²) in [5.74, 6) is 1.23. The van der Waals surface area contributed by atoms with Crippen LogP contribution in [0.2, 0.25) is 0 Å². The first-order valence-electron chi connectivity index (χ1n) is 7.88. The third-order valence-corrected chi connectivity index (χ3v) is 4.05. The van der Waals surface area contributed by atoms with E-state index in [2.05, 4.69) is 15.5 Å². The Morgan fingerprint density at radius 3 is 2.87 bits per heavy atom. The van der Waals surface area contributed by atoms with Crippen LogP contribution in [0.5, 0.6) is 11.5 Å². The van der Waals surface area contributed by atoms with Crippen molar-refractivity contribution in [2.24, 2.45) is 0 Å². The molecule has 1 heterocycles. The molecule has 0 spiro atoms. The molecule has 0 aliphatic heterocycles. The summed E-state index contributed by atoms with van der Waals surface area (Å²) in [6, 6.07) is 7.36. The molecule has 0 radical (unpaired) electrons. The molecular formula is C17H21N3O3. The van der Waals surface area contributed by atoms with Crippen LogP contribution in [0.15, 0.2) is 30.5 Å². The minimum Gasteiger partial charge on any atom is -0.493 e. The van der Waals surface area contributed by atoms with Gasteiger partial charge in [-0.05, 0) is 37.8 Å². The lowest BCUT2D eigenvalue weighted by Gasteiger charge is -2.19. The molecule has 1 amide bonds. The monoisotopic (exact) mass is 315 g/mol. The molecule has 1 aromatic carbocycles. The molecule has 6 heteroatoms. The van der Waals surface area contributed by atoms with E-state index in [1.54, 1.807) is 19.4 Å². The number of H-pyrrole nitrogens is 1. The molecule has 2 aromatic rings. The number of carbonyl (C=O) groups excluding carboxylic acids is 1. The van der Waals surface area contributed by atoms with Gasteiger partial charge >= 0.3 is 0 Å². The van der Waals surface area contributed by atoms with Crippen LogP contribution >= 0.6 is 0 Å². The van der Waals surface area contributed by atoms with Gasteiger partial charge in [0.25, 0.3) is 5.91 Å². The number of ether oxygens (including phenoxy) is 2. The van der Waals surface area contributed by atoms with Gasteiger partial charge in [-0.25, -0.2) is 0 Å². The number of amides is 1. The van der Waals surface area contributed by atoms with Crippen LogP contribution in [0.1, 0.15) is 41.7 Å². The van der Waals surface area contributed by atoms with Gasteiger partial charge in [0.2, 0.25) is 0 Å². The second-order valence-corrected chi connectivity index (χ2v) is 5.63. The van der Waals surface area contributed by atoms with Crippen molar-refractivity contribution in [3.8, 4) is 11.5 Å². The Morgan fingerprint density at radius 1 is 1.35 bits per heavy atom. The van der Waals surface area contributed by atoms with Crippen LogP contribution in [0.3, 0.4) is 0 Å². The van der Waals surface area contributed by atoms with Gasteiger partial charge in [-0.1, -0.05) is 12.1 Å². The molecule has 1 saturated carbocycles. The zero-order valence-electron chi connectivity index (χ0n) is 13.2. The van der Waals surface area contributed by atoms with E-state index in [0.717, 1.165) is 24.2 Å². The van der Waals surface area contributed by atoms with Gasteiger partial charge in [-0.2, -0.15) is 5.10 Å². The minimum absolute atomic E-state index is 0.197. The average Bonchev–Trinajstić information content (AvgIpc) is 3.27. The lowest BCUT2D eigenvalue weighted by Crippen LogP contribution is -2.24. The predicted molar refractivity (Wildman–Crippen MR) is 85.6 cm³/mol. The first kappa shape index (κ1) is 15.4. The number of aromatic amines is 1. The van der Waals surface area contributed by atoms with Crippen molar-refractivity contribution >= 4 is 5.91 Å². The van der Waals surface area contributed by atoms with Crippen molar-refractivity contribution in [2.45, 2.75) is 38.3 Å². The molecule has 0 saturated heterocycles. The van der Waals surface area contributed by atoms with E-state index in [1.165, 1.54) is 12.8 Å². The number of hydrogen-bond acceptors (Lipinski definition) is 4. The highest BCUT2D eigenvalue weighted by atomic mass is 16.5. The predicted octanol–water partition coefficient (Wildman–Crippen LogP) is 2.67. The zero-order valence-corrected chi connectivity index (χ0v) is 13.2. The Balaban J connectivity index is 1.73. The Morgan fingerprint density at radius 2 is 2.17 bits per heavy atom. The fourth-order valence-electron chi connectivity index (χ4n) is 2.82. The molecule has 1 aliphatic rings. The second kappa shape index (κ2) is 7.17. The standard InChI is InChI=1S/C17H21N3O3/c1-22-15-8-4-5-12(16(15)23-13-6-2-3-7-13)11-18-17(21)14-9-10-19-20-14/h4-5,8-10,13H,2-3,6-7,11H2,1H3,(H,18,21)(H,19,20). The molecule has 6 nitrogen and oxygen atoms in total. The number of benzene rings is 1. The van der Waals surface area contributed by atoms with Gasteiger partial charge in [-0.3, -0.25) is 9.89 Å². The maximum atomic E-state index is 12.0. The Bertz CT molecular complexity index is 649. The summed E-state index contributed by atoms with van der Waals surface area (Å²) < 4.78 is 11.6. The molecule has 122 valence electrons. The summed E-state index contributed by atoms with van der Waals surface area (Å²) in [6.07, 6.45) is 6.32. The van der Waals surface area contributed by atoms with E-state index in [4.69, 9.17) is 9.47 Å². The average molecular weight is 315 g/mol. The van der Waals surface area contributed by atoms with Crippen LogP contribution in [-0.4, -0.2) is 29.3 Å². The molecule has 1 aromatic heterocycles. The number of para-hydroxylation sites is 1. The molecule has 1 aliphatic carbocycles. The number of hydrogen-bond donors (Lipinski definition) is 2. The van der Waals surface area contributed by atoms with Crippen molar-refractivity contribution in [3.63, 3.8) is 0 Å². The van der Waals surface area contributed by atoms with E-state index in [0.29, 0.717) is 18.0 Å². The van der Waals surface area contributed by atoms with Gasteiger partial charge in [0.15, 0.2) is 11.5 Å². The topological polar surface area (TPSA) is 76.2 Å². The van der Waals surface area contributed by atoms with Gasteiger partial charge in [0.05, 0.1) is 13.2 Å². The quantitative estimate of drug-likeness (QED) is 0.859. The van der Waals surface area contributed by atoms with Crippen LogP contribution < -0.4 is 14.8 Å². The molecule has 0 bridgehead atoms. The van der Waals surface area contributed by atoms with E-state index in [1.807, 2.05) is 18.2 Å². The maximum Gasteiger partial charge on any atom is 0.269 e. The minimum atomic E-state index is -0.197. The summed E-state index contributed by atoms with van der Waals surface area (Å²) in [7, 11) is 1.63. The van der Waals surface area contributed by atoms with Crippen LogP contribution in [-0.2, 0) is 6.54 Å². The highest BCUT2D eigenvalue weighted by Gasteiger charge is 2.20. The molecular weight excluding hydrogens is 294 g/mol. The molecule has 0 atom stereocenters. The number of rotatable bonds is 6. The number of aromatic nitrogens is 2. The number of nitrogens with one attached hydrogen (secondary N) is 2. The lowest BCUT2D eigenvalue weighted by molar-refractivity contribution is 0.0945. The van der Waals surface area contributed by atoms with Gasteiger partial charge in [0, 0.05) is 18.3 Å². The third-order valence-electron chi connectivity index (χ3n) is 4.05. The van der Waals surface area contributed by atoms with Gasteiger partial charge in [-0.15, -0.1) is 0 Å². The van der Waals surface area contributed by atoms with Crippen molar-refractivity contribution < 1.29 is 14.3 Å². The summed E-state index contributed by atoms with van der Waals surface area (Å²) in [5, 5.41) is 9.30. The van der Waals surface area contributed by atoms with Crippen molar-refractivity contribution in [3.05, 3.63) is 41.7 Å². The normalized spacial score (nSPS) is 14.7. The fourth-order valence-corrected chi connectivity index (χ4v) is 2.82. The Kier molecular flexibility index (Phi) is 4.80. The van der Waals surface area contributed by atoms with Crippen molar-refractivity contribution in [1.29, 1.82) is 0 Å². The summed E-state index contributed by atoms with van der Waals surface area (Å²) in [5.41, 5.74) is 1.34. The summed E-state index contributed by atoms with van der Waals surface area (Å²) >= 11 is 0. The Hall–Kier alpha value is -2.50. The first-order valence-corrected chi connectivity index (χ1v) is 7.88. The molecule has 1 fully saturated rings. The second-order valence-electron chi connectivity index (χ2n) is 5.63. The molecule has 0 unspecified atom stereocenters. The van der Waals surface area contributed by atoms with E-state index in [9.17, 15) is 4.79 Å². The van der Waals surface area contributed by atoms with Crippen LogP contribution in [0, 0.1) is 0 Å². The summed E-state index contributed by atoms with van der Waals surface area (Å²) in [4.78, 5) is 12.0. The zero-order chi connectivity index (χ0) is 16.1. The third kappa shape index (κ3) is 3.64. The largest absolute Gasteiger partial charge is 0.493 e. The van der Waals surface area contributed by atoms with E-state index < -0.39 is 0 Å². The van der Waals surface area contributed by atoms with Gasteiger partial charge < -0.3 is 14.8 Å². The Labute approximate surface area is 135 Å². The van der Waals surface area contributed by atoms with Crippen molar-refractivity contribution in [2.75, 3.05) is 7.11 Å². The number of carbonyl (C=O) groups is 1. The van der Waals surface area contributed by atoms with E-state index >= 15 is 0 Å². The maximum absolute atomic E-state index is 12.0. The van der Waals surface area contributed by atoms with Crippen molar-refractivity contribution in [1.82, 2.24) is 15.5 Å². The number of nitrogens with zero attached hydrogens (tertiary/aromatic N) is 1. The molecule has 2 N–H and O–H groups in total. The lowest BCUT2D eigenvalue weighted by atomic mass is 10.1. The van der Waals surface area contributed by atoms with Crippen LogP contribution in [0.4, 0.5) is 0 Å². The fraction of sp³-hybridized carbons (Fsp3) is 0.412. The smallest absolute Gasteiger partial charge is 0.269 e.